The minimum absolute atomic E-state index is 0.0218. The number of carbonyl (C=O) groups excluding carboxylic acids is 2. The van der Waals surface area contributed by atoms with Crippen molar-refractivity contribution < 1.29 is 28.9 Å². The lowest BCUT2D eigenvalue weighted by atomic mass is 9.82. The molecule has 3 aliphatic heterocycles. The van der Waals surface area contributed by atoms with Gasteiger partial charge in [0, 0.05) is 28.2 Å². The van der Waals surface area contributed by atoms with Gasteiger partial charge in [-0.15, -0.1) is 0 Å². The van der Waals surface area contributed by atoms with Crippen LogP contribution >= 0.6 is 15.9 Å². The van der Waals surface area contributed by atoms with Crippen LogP contribution in [0.4, 0.5) is 16.2 Å². The van der Waals surface area contributed by atoms with Crippen molar-refractivity contribution in [2.45, 2.75) is 50.2 Å². The van der Waals surface area contributed by atoms with Crippen molar-refractivity contribution in [2.75, 3.05) is 36.7 Å². The topological polar surface area (TPSA) is 88.5 Å². The Labute approximate surface area is 261 Å². The predicted octanol–water partition coefficient (Wildman–Crippen LogP) is 5.56. The SMILES string of the molecule is COc1ccc([Si](C)(C)[C@@H]2[C@@H](CCO)O[C@]3(C(=O)N(Cc4cccc(N5CCOC5=O)c4)c4ccc(Br)cc43)[C@H]2C)cc1. The number of halogens is 1. The molecule has 43 heavy (non-hydrogen) atoms. The Kier molecular flexibility index (Phi) is 7.91. The van der Waals surface area contributed by atoms with Gasteiger partial charge in [0.1, 0.15) is 12.4 Å². The molecule has 0 radical (unpaired) electrons. The monoisotopic (exact) mass is 664 g/mol. The molecule has 8 nitrogen and oxygen atoms in total. The largest absolute Gasteiger partial charge is 0.497 e. The highest BCUT2D eigenvalue weighted by Crippen LogP contribution is 2.60. The van der Waals surface area contributed by atoms with Gasteiger partial charge in [-0.05, 0) is 60.0 Å². The third-order valence-corrected chi connectivity index (χ3v) is 14.4. The van der Waals surface area contributed by atoms with Crippen LogP contribution in [0.25, 0.3) is 0 Å². The minimum Gasteiger partial charge on any atom is -0.497 e. The van der Waals surface area contributed by atoms with Gasteiger partial charge in [0.2, 0.25) is 0 Å². The number of rotatable bonds is 8. The molecule has 1 N–H and O–H groups in total. The first-order valence-electron chi connectivity index (χ1n) is 14.7. The van der Waals surface area contributed by atoms with Crippen LogP contribution in [0.15, 0.2) is 71.2 Å². The lowest BCUT2D eigenvalue weighted by Gasteiger charge is -2.37. The van der Waals surface area contributed by atoms with E-state index < -0.39 is 13.7 Å². The Morgan fingerprint density at radius 3 is 2.53 bits per heavy atom. The summed E-state index contributed by atoms with van der Waals surface area (Å²) in [7, 11) is -0.590. The summed E-state index contributed by atoms with van der Waals surface area (Å²) in [4.78, 5) is 30.4. The predicted molar refractivity (Wildman–Crippen MR) is 172 cm³/mol. The average Bonchev–Trinajstić information content (AvgIpc) is 3.63. The number of fused-ring (bicyclic) bond motifs is 2. The van der Waals surface area contributed by atoms with Crippen LogP contribution in [0.2, 0.25) is 18.6 Å². The maximum atomic E-state index is 14.8. The molecule has 2 amide bonds. The molecule has 1 spiro atoms. The van der Waals surface area contributed by atoms with Crippen molar-refractivity contribution in [3.05, 3.63) is 82.3 Å². The van der Waals surface area contributed by atoms with E-state index in [1.54, 1.807) is 12.0 Å². The number of hydrogen-bond donors (Lipinski definition) is 1. The van der Waals surface area contributed by atoms with Crippen molar-refractivity contribution in [3.63, 3.8) is 0 Å². The summed E-state index contributed by atoms with van der Waals surface area (Å²) in [6, 6.07) is 21.9. The molecule has 0 aromatic heterocycles. The van der Waals surface area contributed by atoms with E-state index in [2.05, 4.69) is 48.1 Å². The average molecular weight is 666 g/mol. The number of anilines is 2. The van der Waals surface area contributed by atoms with Crippen LogP contribution in [0.5, 0.6) is 5.75 Å². The zero-order chi connectivity index (χ0) is 30.5. The molecule has 10 heteroatoms. The van der Waals surface area contributed by atoms with Crippen molar-refractivity contribution in [2.24, 2.45) is 5.92 Å². The van der Waals surface area contributed by atoms with Gasteiger partial charge in [0.15, 0.2) is 5.60 Å². The number of ether oxygens (including phenoxy) is 3. The van der Waals surface area contributed by atoms with Gasteiger partial charge in [-0.2, -0.15) is 0 Å². The Hall–Kier alpha value is -3.18. The maximum Gasteiger partial charge on any atom is 0.414 e. The molecular weight excluding hydrogens is 628 g/mol. The van der Waals surface area contributed by atoms with E-state index in [4.69, 9.17) is 14.2 Å². The number of methoxy groups -OCH3 is 1. The molecule has 4 atom stereocenters. The molecular formula is C33H37BrN2O6Si. The summed E-state index contributed by atoms with van der Waals surface area (Å²) in [5.41, 5.74) is 2.20. The van der Waals surface area contributed by atoms with Crippen LogP contribution in [0.1, 0.15) is 24.5 Å². The molecule has 2 fully saturated rings. The summed E-state index contributed by atoms with van der Waals surface area (Å²) in [5, 5.41) is 11.4. The molecule has 0 saturated carbocycles. The molecule has 3 aromatic carbocycles. The minimum atomic E-state index is -2.25. The van der Waals surface area contributed by atoms with Gasteiger partial charge < -0.3 is 24.2 Å². The van der Waals surface area contributed by atoms with Gasteiger partial charge in [0.25, 0.3) is 5.91 Å². The van der Waals surface area contributed by atoms with Crippen LogP contribution in [-0.4, -0.2) is 58.2 Å². The highest BCUT2D eigenvalue weighted by Gasteiger charge is 2.66. The van der Waals surface area contributed by atoms with E-state index in [9.17, 15) is 14.7 Å². The molecule has 226 valence electrons. The summed E-state index contributed by atoms with van der Waals surface area (Å²) >= 11 is 3.65. The van der Waals surface area contributed by atoms with E-state index in [1.807, 2.05) is 59.5 Å². The van der Waals surface area contributed by atoms with E-state index in [0.717, 1.165) is 32.7 Å². The number of benzene rings is 3. The van der Waals surface area contributed by atoms with Crippen molar-refractivity contribution in [1.29, 1.82) is 0 Å². The fourth-order valence-corrected chi connectivity index (χ4v) is 11.9. The lowest BCUT2D eigenvalue weighted by molar-refractivity contribution is -0.146. The standard InChI is InChI=1S/C33H37BrN2O6Si/c1-21-30(43(3,4)26-11-9-25(40-2)10-12-26)29(14-16-37)42-33(21)27-19-23(34)8-13-28(27)36(31(33)38)20-22-6-5-7-24(18-22)35-15-17-41-32(35)39/h5-13,18-19,21,29-30,37H,14-17,20H2,1-4H3/t21-,29+,30-,33+/m0/s1. The zero-order valence-electron chi connectivity index (χ0n) is 24.9. The van der Waals surface area contributed by atoms with Gasteiger partial charge in [-0.25, -0.2) is 4.79 Å². The zero-order valence-corrected chi connectivity index (χ0v) is 27.5. The molecule has 0 unspecified atom stereocenters. The molecule has 6 rings (SSSR count). The van der Waals surface area contributed by atoms with Gasteiger partial charge >= 0.3 is 6.09 Å². The van der Waals surface area contributed by atoms with Crippen molar-refractivity contribution >= 4 is 52.6 Å². The first-order valence-corrected chi connectivity index (χ1v) is 18.6. The van der Waals surface area contributed by atoms with E-state index in [-0.39, 0.29) is 36.2 Å². The summed E-state index contributed by atoms with van der Waals surface area (Å²) in [6.07, 6.45) is -0.196. The normalized spacial score (nSPS) is 25.0. The van der Waals surface area contributed by atoms with Crippen LogP contribution in [-0.2, 0) is 26.4 Å². The molecule has 3 aliphatic rings. The fourth-order valence-electron chi connectivity index (χ4n) is 7.47. The second-order valence-electron chi connectivity index (χ2n) is 12.2. The second kappa shape index (κ2) is 11.4. The smallest absolute Gasteiger partial charge is 0.414 e. The number of carbonyl (C=O) groups is 2. The first kappa shape index (κ1) is 29.9. The molecule has 0 bridgehead atoms. The first-order chi connectivity index (χ1) is 20.6. The Bertz CT molecular complexity index is 1550. The van der Waals surface area contributed by atoms with Crippen LogP contribution in [0, 0.1) is 5.92 Å². The van der Waals surface area contributed by atoms with E-state index in [0.29, 0.717) is 26.1 Å². The third-order valence-electron chi connectivity index (χ3n) is 9.53. The van der Waals surface area contributed by atoms with Crippen molar-refractivity contribution in [1.82, 2.24) is 0 Å². The number of cyclic esters (lactones) is 1. The lowest BCUT2D eigenvalue weighted by Crippen LogP contribution is -2.51. The number of hydrogen-bond acceptors (Lipinski definition) is 6. The Balaban J connectivity index is 1.39. The molecule has 3 aromatic rings. The van der Waals surface area contributed by atoms with Crippen molar-refractivity contribution in [3.8, 4) is 5.75 Å². The number of nitrogens with zero attached hydrogens (tertiary/aromatic N) is 2. The van der Waals surface area contributed by atoms with Gasteiger partial charge in [0.05, 0.1) is 40.1 Å². The van der Waals surface area contributed by atoms with Gasteiger partial charge in [-0.1, -0.05) is 65.4 Å². The number of amides is 2. The Morgan fingerprint density at radius 1 is 1.09 bits per heavy atom. The van der Waals surface area contributed by atoms with E-state index >= 15 is 0 Å². The highest BCUT2D eigenvalue weighted by atomic mass is 79.9. The number of aliphatic hydroxyl groups excluding tert-OH is 1. The maximum absolute atomic E-state index is 14.8. The summed E-state index contributed by atoms with van der Waals surface area (Å²) in [5.74, 6) is 0.562. The third kappa shape index (κ3) is 4.88. The molecule has 0 aliphatic carbocycles. The van der Waals surface area contributed by atoms with E-state index in [1.165, 1.54) is 5.19 Å². The summed E-state index contributed by atoms with van der Waals surface area (Å²) < 4.78 is 18.4. The molecule has 2 saturated heterocycles. The van der Waals surface area contributed by atoms with Gasteiger partial charge in [-0.3, -0.25) is 9.69 Å². The Morgan fingerprint density at radius 2 is 1.86 bits per heavy atom. The quantitative estimate of drug-likeness (QED) is 0.317. The highest BCUT2D eigenvalue weighted by molar-refractivity contribution is 9.10. The summed E-state index contributed by atoms with van der Waals surface area (Å²) in [6.45, 7) is 7.97. The van der Waals surface area contributed by atoms with Crippen LogP contribution < -0.4 is 19.7 Å². The fraction of sp³-hybridized carbons (Fsp3) is 0.394. The number of aliphatic hydroxyl groups is 1. The molecule has 3 heterocycles. The van der Waals surface area contributed by atoms with Crippen LogP contribution in [0.3, 0.4) is 0 Å². The second-order valence-corrected chi connectivity index (χ2v) is 17.8.